The number of benzene rings is 3. The summed E-state index contributed by atoms with van der Waals surface area (Å²) in [5, 5.41) is 13.9. The van der Waals surface area contributed by atoms with E-state index in [4.69, 9.17) is 4.74 Å². The number of fused-ring (bicyclic) bond motifs is 1. The number of tetrazole rings is 1. The second kappa shape index (κ2) is 11.3. The topological polar surface area (TPSA) is 92.2 Å². The molecule has 0 radical (unpaired) electrons. The van der Waals surface area contributed by atoms with Crippen LogP contribution in [0.1, 0.15) is 35.5 Å². The van der Waals surface area contributed by atoms with Crippen molar-refractivity contribution in [2.75, 3.05) is 38.2 Å². The van der Waals surface area contributed by atoms with Crippen LogP contribution in [-0.2, 0) is 13.0 Å². The minimum Gasteiger partial charge on any atom is -0.495 e. The Labute approximate surface area is 233 Å². The molecule has 2 aromatic heterocycles. The molecular weight excluding hydrogens is 502 g/mol. The number of piperazine rings is 1. The fourth-order valence-corrected chi connectivity index (χ4v) is 5.58. The van der Waals surface area contributed by atoms with Crippen LogP contribution in [0.15, 0.2) is 83.7 Å². The van der Waals surface area contributed by atoms with Crippen LogP contribution in [0.25, 0.3) is 10.9 Å². The van der Waals surface area contributed by atoms with Crippen LogP contribution in [0.5, 0.6) is 5.75 Å². The number of nitrogens with zero attached hydrogens (tertiary/aromatic N) is 6. The van der Waals surface area contributed by atoms with Gasteiger partial charge in [-0.2, -0.15) is 0 Å². The van der Waals surface area contributed by atoms with Gasteiger partial charge in [-0.3, -0.25) is 9.69 Å². The maximum Gasteiger partial charge on any atom is 0.253 e. The number of hydrogen-bond acceptors (Lipinski definition) is 7. The molecule has 1 aliphatic rings. The first-order valence-corrected chi connectivity index (χ1v) is 13.7. The predicted octanol–water partition coefficient (Wildman–Crippen LogP) is 4.05. The molecule has 40 heavy (non-hydrogen) atoms. The quantitative estimate of drug-likeness (QED) is 0.321. The molecule has 0 amide bonds. The Kier molecular flexibility index (Phi) is 7.29. The van der Waals surface area contributed by atoms with E-state index in [0.717, 1.165) is 60.5 Å². The second-order valence-corrected chi connectivity index (χ2v) is 10.1. The molecule has 204 valence electrons. The number of anilines is 1. The van der Waals surface area contributed by atoms with E-state index in [1.54, 1.807) is 7.11 Å². The van der Waals surface area contributed by atoms with Gasteiger partial charge in [-0.05, 0) is 63.7 Å². The van der Waals surface area contributed by atoms with E-state index < -0.39 is 6.04 Å². The maximum atomic E-state index is 13.6. The molecule has 5 aromatic rings. The number of aromatic amines is 1. The average Bonchev–Trinajstić information content (AvgIpc) is 3.45. The van der Waals surface area contributed by atoms with Gasteiger partial charge in [0.2, 0.25) is 0 Å². The lowest BCUT2D eigenvalue weighted by molar-refractivity contribution is 0.200. The lowest BCUT2D eigenvalue weighted by atomic mass is 10.0. The first-order chi connectivity index (χ1) is 19.6. The van der Waals surface area contributed by atoms with Crippen molar-refractivity contribution in [1.82, 2.24) is 30.1 Å². The highest BCUT2D eigenvalue weighted by Crippen LogP contribution is 2.32. The Bertz CT molecular complexity index is 1660. The van der Waals surface area contributed by atoms with Crippen molar-refractivity contribution in [3.63, 3.8) is 0 Å². The third-order valence-corrected chi connectivity index (χ3v) is 7.72. The molecule has 0 unspecified atom stereocenters. The number of hydrogen-bond donors (Lipinski definition) is 1. The SMILES string of the molecule is CCc1ccc2[nH]c(=O)c([C@H](c3nnnn3Cc3ccccc3)N3CCN(c4ccccc4OC)CC3)cc2c1. The Morgan fingerprint density at radius 1 is 0.925 bits per heavy atom. The van der Waals surface area contributed by atoms with Crippen molar-refractivity contribution in [2.24, 2.45) is 0 Å². The molecule has 9 nitrogen and oxygen atoms in total. The summed E-state index contributed by atoms with van der Waals surface area (Å²) in [5.74, 6) is 1.52. The second-order valence-electron chi connectivity index (χ2n) is 10.1. The molecule has 1 fully saturated rings. The minimum atomic E-state index is -0.406. The van der Waals surface area contributed by atoms with Gasteiger partial charge in [-0.15, -0.1) is 5.10 Å². The Balaban J connectivity index is 1.39. The van der Waals surface area contributed by atoms with E-state index >= 15 is 0 Å². The molecular formula is C31H33N7O2. The molecule has 3 aromatic carbocycles. The van der Waals surface area contributed by atoms with Crippen LogP contribution in [0.4, 0.5) is 5.69 Å². The van der Waals surface area contributed by atoms with Gasteiger partial charge in [-0.25, -0.2) is 4.68 Å². The molecule has 1 atom stereocenters. The monoisotopic (exact) mass is 535 g/mol. The third-order valence-electron chi connectivity index (χ3n) is 7.72. The van der Waals surface area contributed by atoms with E-state index in [-0.39, 0.29) is 5.56 Å². The van der Waals surface area contributed by atoms with Crippen molar-refractivity contribution in [3.05, 3.63) is 112 Å². The largest absolute Gasteiger partial charge is 0.495 e. The van der Waals surface area contributed by atoms with Crippen LogP contribution in [0, 0.1) is 0 Å². The number of rotatable bonds is 8. The summed E-state index contributed by atoms with van der Waals surface area (Å²) in [4.78, 5) is 21.4. The summed E-state index contributed by atoms with van der Waals surface area (Å²) in [7, 11) is 1.70. The number of aromatic nitrogens is 5. The lowest BCUT2D eigenvalue weighted by Crippen LogP contribution is -2.49. The molecule has 0 bridgehead atoms. The van der Waals surface area contributed by atoms with E-state index in [9.17, 15) is 4.79 Å². The Hall–Kier alpha value is -4.50. The van der Waals surface area contributed by atoms with Crippen molar-refractivity contribution in [1.29, 1.82) is 0 Å². The van der Waals surface area contributed by atoms with E-state index in [1.165, 1.54) is 5.56 Å². The standard InChI is InChI=1S/C31H33N7O2/c1-3-22-13-14-26-24(19-22)20-25(31(39)32-26)29(30-33-34-35-38(30)21-23-9-5-4-6-10-23)37-17-15-36(16-18-37)27-11-7-8-12-28(27)40-2/h4-14,19-20,29H,3,15-18,21H2,1-2H3,(H,32,39)/t29-/m1/s1. The smallest absolute Gasteiger partial charge is 0.253 e. The highest BCUT2D eigenvalue weighted by atomic mass is 16.5. The zero-order valence-electron chi connectivity index (χ0n) is 22.8. The van der Waals surface area contributed by atoms with Crippen LogP contribution in [0.2, 0.25) is 0 Å². The number of pyridine rings is 1. The van der Waals surface area contributed by atoms with Crippen LogP contribution >= 0.6 is 0 Å². The van der Waals surface area contributed by atoms with Gasteiger partial charge in [0.1, 0.15) is 11.8 Å². The summed E-state index contributed by atoms with van der Waals surface area (Å²) >= 11 is 0. The molecule has 0 saturated carbocycles. The first kappa shape index (κ1) is 25.8. The van der Waals surface area contributed by atoms with Gasteiger partial charge in [0.15, 0.2) is 5.82 Å². The van der Waals surface area contributed by atoms with Crippen molar-refractivity contribution >= 4 is 16.6 Å². The summed E-state index contributed by atoms with van der Waals surface area (Å²) in [5.41, 5.74) is 4.75. The van der Waals surface area contributed by atoms with Crippen LogP contribution in [0.3, 0.4) is 0 Å². The normalized spacial score (nSPS) is 14.9. The Morgan fingerprint density at radius 2 is 1.70 bits per heavy atom. The summed E-state index contributed by atoms with van der Waals surface area (Å²) in [6, 6.07) is 26.0. The van der Waals surface area contributed by atoms with E-state index in [2.05, 4.69) is 67.6 Å². The zero-order valence-corrected chi connectivity index (χ0v) is 22.8. The fraction of sp³-hybridized carbons (Fsp3) is 0.290. The molecule has 0 spiro atoms. The number of nitrogens with one attached hydrogen (secondary N) is 1. The van der Waals surface area contributed by atoms with Crippen molar-refractivity contribution < 1.29 is 4.74 Å². The molecule has 0 aliphatic carbocycles. The Morgan fingerprint density at radius 3 is 2.48 bits per heavy atom. The minimum absolute atomic E-state index is 0.122. The van der Waals surface area contributed by atoms with Gasteiger partial charge in [0.05, 0.1) is 19.3 Å². The third kappa shape index (κ3) is 5.08. The first-order valence-electron chi connectivity index (χ1n) is 13.7. The molecule has 1 saturated heterocycles. The highest BCUT2D eigenvalue weighted by Gasteiger charge is 2.33. The van der Waals surface area contributed by atoms with E-state index in [1.807, 2.05) is 53.2 Å². The van der Waals surface area contributed by atoms with Gasteiger partial charge in [0, 0.05) is 37.3 Å². The van der Waals surface area contributed by atoms with Crippen LogP contribution in [-0.4, -0.2) is 63.4 Å². The number of para-hydroxylation sites is 2. The van der Waals surface area contributed by atoms with E-state index in [0.29, 0.717) is 17.9 Å². The van der Waals surface area contributed by atoms with Gasteiger partial charge in [-0.1, -0.05) is 55.5 Å². The molecule has 1 aliphatic heterocycles. The lowest BCUT2D eigenvalue weighted by Gasteiger charge is -2.40. The maximum absolute atomic E-state index is 13.6. The highest BCUT2D eigenvalue weighted by molar-refractivity contribution is 5.80. The van der Waals surface area contributed by atoms with Crippen molar-refractivity contribution in [3.8, 4) is 5.75 Å². The number of H-pyrrole nitrogens is 1. The molecule has 1 N–H and O–H groups in total. The summed E-state index contributed by atoms with van der Waals surface area (Å²) in [6.45, 7) is 5.67. The number of ether oxygens (including phenoxy) is 1. The zero-order chi connectivity index (χ0) is 27.5. The molecule has 9 heteroatoms. The number of methoxy groups -OCH3 is 1. The fourth-order valence-electron chi connectivity index (χ4n) is 5.58. The predicted molar refractivity (Wildman–Crippen MR) is 156 cm³/mol. The van der Waals surface area contributed by atoms with Crippen LogP contribution < -0.4 is 15.2 Å². The van der Waals surface area contributed by atoms with Gasteiger partial charge in [0.25, 0.3) is 5.56 Å². The number of aryl methyl sites for hydroxylation is 1. The average molecular weight is 536 g/mol. The molecule has 3 heterocycles. The molecule has 6 rings (SSSR count). The summed E-state index contributed by atoms with van der Waals surface area (Å²) < 4.78 is 7.44. The van der Waals surface area contributed by atoms with Gasteiger partial charge >= 0.3 is 0 Å². The van der Waals surface area contributed by atoms with Crippen molar-refractivity contribution in [2.45, 2.75) is 25.9 Å². The summed E-state index contributed by atoms with van der Waals surface area (Å²) in [6.07, 6.45) is 0.925. The van der Waals surface area contributed by atoms with Gasteiger partial charge < -0.3 is 14.6 Å².